The average molecular weight is 605 g/mol. The fourth-order valence-corrected chi connectivity index (χ4v) is 6.17. The van der Waals surface area contributed by atoms with Gasteiger partial charge in [-0.3, -0.25) is 19.7 Å². The number of benzene rings is 2. The van der Waals surface area contributed by atoms with Crippen LogP contribution < -0.4 is 4.74 Å². The summed E-state index contributed by atoms with van der Waals surface area (Å²) in [5.74, 6) is -1.16. The predicted molar refractivity (Wildman–Crippen MR) is 139 cm³/mol. The number of nitro benzene ring substituents is 1. The van der Waals surface area contributed by atoms with Crippen LogP contribution in [0.3, 0.4) is 0 Å². The fraction of sp³-hybridized carbons (Fsp3) is 0.357. The Kier molecular flexibility index (Phi) is 7.13. The molecule has 2 aromatic carbocycles. The molecule has 0 unspecified atom stereocenters. The van der Waals surface area contributed by atoms with E-state index >= 15 is 0 Å². The first kappa shape index (κ1) is 27.1. The maximum absolute atomic E-state index is 13.4. The molecule has 11 heteroatoms. The molecule has 0 N–H and O–H groups in total. The molecule has 5 rings (SSSR count). The third-order valence-corrected chi connectivity index (χ3v) is 7.88. The predicted octanol–water partition coefficient (Wildman–Crippen LogP) is 7.60. The smallest absolute Gasteiger partial charge is 0.416 e. The number of Topliss-reactive ketones (excluding diaryl/α,β-unsaturated/α-hetero) is 2. The highest BCUT2D eigenvalue weighted by Crippen LogP contribution is 2.52. The van der Waals surface area contributed by atoms with Gasteiger partial charge in [-0.15, -0.1) is 0 Å². The molecular weight excluding hydrogens is 581 g/mol. The highest BCUT2D eigenvalue weighted by Gasteiger charge is 2.44. The van der Waals surface area contributed by atoms with Crippen molar-refractivity contribution in [3.63, 3.8) is 0 Å². The van der Waals surface area contributed by atoms with Gasteiger partial charge in [0.25, 0.3) is 0 Å². The first-order valence-electron chi connectivity index (χ1n) is 12.6. The van der Waals surface area contributed by atoms with Crippen LogP contribution in [0.4, 0.5) is 18.9 Å². The number of hydrogen-bond donors (Lipinski definition) is 0. The zero-order chi connectivity index (χ0) is 28.1. The number of alkyl halides is 3. The number of carbonyl (C=O) groups is 2. The molecule has 7 nitrogen and oxygen atoms in total. The van der Waals surface area contributed by atoms with Crippen LogP contribution >= 0.6 is 15.9 Å². The Morgan fingerprint density at radius 3 is 2.10 bits per heavy atom. The Morgan fingerprint density at radius 2 is 1.56 bits per heavy atom. The van der Waals surface area contributed by atoms with E-state index in [2.05, 4.69) is 20.8 Å². The van der Waals surface area contributed by atoms with Crippen molar-refractivity contribution in [1.29, 1.82) is 0 Å². The van der Waals surface area contributed by atoms with E-state index in [1.165, 1.54) is 6.07 Å². The van der Waals surface area contributed by atoms with Crippen LogP contribution in [0.2, 0.25) is 0 Å². The standard InChI is InChI=1S/C28H24BrF3N2O5/c1-2-33-18-5-3-7-21(35)26(18)25(27-19(33)6-4-8-22(27)36)17-14-16(29)10-12-23(17)39-24-11-9-15(28(30,31)32)13-20(24)34(37)38/h9-14,25H,2-8H2,1H3. The van der Waals surface area contributed by atoms with Crippen LogP contribution in [0.25, 0.3) is 0 Å². The number of nitro groups is 1. The zero-order valence-electron chi connectivity index (χ0n) is 20.9. The number of hydrogen-bond acceptors (Lipinski definition) is 6. The molecule has 1 heterocycles. The summed E-state index contributed by atoms with van der Waals surface area (Å²) in [4.78, 5) is 39.7. The van der Waals surface area contributed by atoms with Crippen LogP contribution in [-0.4, -0.2) is 27.9 Å². The van der Waals surface area contributed by atoms with E-state index in [0.29, 0.717) is 72.3 Å². The Balaban J connectivity index is 1.70. The molecule has 204 valence electrons. The van der Waals surface area contributed by atoms with Gasteiger partial charge in [0.15, 0.2) is 11.6 Å². The number of allylic oxidation sites excluding steroid dienone is 4. The number of ketones is 2. The molecule has 1 aliphatic heterocycles. The SMILES string of the molecule is CCN1C2=C(C(=O)CCC2)C(c2cc(Br)ccc2Oc2ccc(C(F)(F)F)cc2[N+](=O)[O-])C2=C1CCCC2=O. The second-order valence-electron chi connectivity index (χ2n) is 9.67. The van der Waals surface area contributed by atoms with E-state index in [1.807, 2.05) is 6.92 Å². The third kappa shape index (κ3) is 4.88. The second kappa shape index (κ2) is 10.3. The van der Waals surface area contributed by atoms with Crippen molar-refractivity contribution in [3.8, 4) is 11.5 Å². The zero-order valence-corrected chi connectivity index (χ0v) is 22.5. The van der Waals surface area contributed by atoms with E-state index in [9.17, 15) is 32.9 Å². The molecule has 39 heavy (non-hydrogen) atoms. The molecule has 3 aliphatic rings. The van der Waals surface area contributed by atoms with Crippen molar-refractivity contribution in [1.82, 2.24) is 4.90 Å². The van der Waals surface area contributed by atoms with Crippen molar-refractivity contribution in [2.45, 2.75) is 57.5 Å². The lowest BCUT2D eigenvalue weighted by Gasteiger charge is -2.43. The third-order valence-electron chi connectivity index (χ3n) is 7.39. The van der Waals surface area contributed by atoms with Gasteiger partial charge in [-0.25, -0.2) is 0 Å². The summed E-state index contributed by atoms with van der Waals surface area (Å²) >= 11 is 3.45. The minimum Gasteiger partial charge on any atom is -0.450 e. The van der Waals surface area contributed by atoms with Gasteiger partial charge in [0, 0.05) is 63.9 Å². The summed E-state index contributed by atoms with van der Waals surface area (Å²) in [5, 5.41) is 11.7. The maximum Gasteiger partial charge on any atom is 0.416 e. The summed E-state index contributed by atoms with van der Waals surface area (Å²) in [5.41, 5.74) is 1.21. The van der Waals surface area contributed by atoms with E-state index in [-0.39, 0.29) is 23.1 Å². The summed E-state index contributed by atoms with van der Waals surface area (Å²) in [6.07, 6.45) is -1.38. The molecular formula is C28H24BrF3N2O5. The lowest BCUT2D eigenvalue weighted by Crippen LogP contribution is -2.39. The van der Waals surface area contributed by atoms with Gasteiger partial charge >= 0.3 is 11.9 Å². The maximum atomic E-state index is 13.4. The Bertz CT molecular complexity index is 1420. The minimum atomic E-state index is -4.77. The second-order valence-corrected chi connectivity index (χ2v) is 10.6. The van der Waals surface area contributed by atoms with Crippen molar-refractivity contribution < 1.29 is 32.4 Å². The lowest BCUT2D eigenvalue weighted by atomic mass is 9.70. The summed E-state index contributed by atoms with van der Waals surface area (Å²) in [6, 6.07) is 6.94. The van der Waals surface area contributed by atoms with Crippen molar-refractivity contribution in [3.05, 3.63) is 84.7 Å². The molecule has 0 saturated heterocycles. The lowest BCUT2D eigenvalue weighted by molar-refractivity contribution is -0.385. The number of nitrogens with zero attached hydrogens (tertiary/aromatic N) is 2. The highest BCUT2D eigenvalue weighted by molar-refractivity contribution is 9.10. The molecule has 0 spiro atoms. The molecule has 0 aromatic heterocycles. The monoisotopic (exact) mass is 604 g/mol. The van der Waals surface area contributed by atoms with Crippen molar-refractivity contribution in [2.75, 3.05) is 6.54 Å². The highest BCUT2D eigenvalue weighted by atomic mass is 79.9. The molecule has 0 bridgehead atoms. The first-order chi connectivity index (χ1) is 18.5. The Hall–Kier alpha value is -3.47. The van der Waals surface area contributed by atoms with Crippen LogP contribution in [0.5, 0.6) is 11.5 Å². The van der Waals surface area contributed by atoms with E-state index in [1.54, 1.807) is 12.1 Å². The summed E-state index contributed by atoms with van der Waals surface area (Å²) < 4.78 is 46.3. The van der Waals surface area contributed by atoms with Crippen LogP contribution in [0, 0.1) is 10.1 Å². The topological polar surface area (TPSA) is 89.8 Å². The molecule has 2 aromatic rings. The van der Waals surface area contributed by atoms with Gasteiger partial charge in [-0.05, 0) is 62.9 Å². The van der Waals surface area contributed by atoms with Crippen LogP contribution in [0.1, 0.15) is 62.5 Å². The average Bonchev–Trinajstić information content (AvgIpc) is 2.88. The summed E-state index contributed by atoms with van der Waals surface area (Å²) in [7, 11) is 0. The van der Waals surface area contributed by atoms with Crippen LogP contribution in [0.15, 0.2) is 63.4 Å². The van der Waals surface area contributed by atoms with E-state index in [4.69, 9.17) is 4.74 Å². The molecule has 2 aliphatic carbocycles. The van der Waals surface area contributed by atoms with E-state index < -0.39 is 28.3 Å². The normalized spacial score (nSPS) is 18.3. The fourth-order valence-electron chi connectivity index (χ4n) is 5.79. The van der Waals surface area contributed by atoms with Gasteiger partial charge in [0.05, 0.1) is 10.5 Å². The number of ether oxygens (including phenoxy) is 1. The van der Waals surface area contributed by atoms with Gasteiger partial charge in [0.1, 0.15) is 5.75 Å². The van der Waals surface area contributed by atoms with Gasteiger partial charge in [0.2, 0.25) is 5.75 Å². The molecule has 0 fully saturated rings. The quantitative estimate of drug-likeness (QED) is 0.258. The molecule has 0 amide bonds. The number of carbonyl (C=O) groups excluding carboxylic acids is 2. The number of halogens is 4. The number of rotatable bonds is 5. The van der Waals surface area contributed by atoms with Gasteiger partial charge < -0.3 is 9.64 Å². The van der Waals surface area contributed by atoms with Crippen LogP contribution in [-0.2, 0) is 15.8 Å². The molecule has 0 radical (unpaired) electrons. The minimum absolute atomic E-state index is 0.0731. The van der Waals surface area contributed by atoms with E-state index in [0.717, 1.165) is 23.5 Å². The molecule has 0 saturated carbocycles. The Morgan fingerprint density at radius 1 is 0.974 bits per heavy atom. The summed E-state index contributed by atoms with van der Waals surface area (Å²) in [6.45, 7) is 2.58. The van der Waals surface area contributed by atoms with Gasteiger partial charge in [-0.1, -0.05) is 15.9 Å². The van der Waals surface area contributed by atoms with Crippen molar-refractivity contribution >= 4 is 33.2 Å². The largest absolute Gasteiger partial charge is 0.450 e. The Labute approximate surface area is 230 Å². The van der Waals surface area contributed by atoms with Crippen molar-refractivity contribution in [2.24, 2.45) is 0 Å². The first-order valence-corrected chi connectivity index (χ1v) is 13.4. The van der Waals surface area contributed by atoms with Gasteiger partial charge in [-0.2, -0.15) is 13.2 Å². The molecule has 0 atom stereocenters.